The molecular weight excluding hydrogens is 230 g/mol. The highest BCUT2D eigenvalue weighted by molar-refractivity contribution is 6.31. The number of carbonyl (C=O) groups excluding carboxylic acids is 1. The number of ether oxygens (including phenoxy) is 2. The molecule has 0 saturated carbocycles. The molecule has 0 aliphatic carbocycles. The molecule has 0 aromatic heterocycles. The Morgan fingerprint density at radius 3 is 2.60 bits per heavy atom. The van der Waals surface area contributed by atoms with Crippen molar-refractivity contribution in [1.29, 1.82) is 0 Å². The lowest BCUT2D eigenvalue weighted by Crippen LogP contribution is -2.06. The summed E-state index contributed by atoms with van der Waals surface area (Å²) in [6.07, 6.45) is 0.367. The van der Waals surface area contributed by atoms with Crippen LogP contribution in [0.5, 0.6) is 11.5 Å². The molecule has 0 amide bonds. The maximum absolute atomic E-state index is 12.0. The minimum atomic E-state index is -3.03. The quantitative estimate of drug-likeness (QED) is 0.754. The molecule has 0 heterocycles. The van der Waals surface area contributed by atoms with Gasteiger partial charge in [-0.05, 0) is 6.07 Å². The monoisotopic (exact) mass is 236 g/mol. The van der Waals surface area contributed by atoms with Gasteiger partial charge in [0.2, 0.25) is 0 Å². The van der Waals surface area contributed by atoms with E-state index >= 15 is 0 Å². The fourth-order valence-electron chi connectivity index (χ4n) is 1.04. The van der Waals surface area contributed by atoms with Gasteiger partial charge in [0.05, 0.1) is 12.7 Å². The van der Waals surface area contributed by atoms with Gasteiger partial charge >= 0.3 is 6.61 Å². The van der Waals surface area contributed by atoms with Gasteiger partial charge in [-0.15, -0.1) is 0 Å². The Hall–Kier alpha value is -1.36. The van der Waals surface area contributed by atoms with Crippen LogP contribution in [0.2, 0.25) is 5.02 Å². The summed E-state index contributed by atoms with van der Waals surface area (Å²) in [7, 11) is 1.26. The normalized spacial score (nSPS) is 10.2. The summed E-state index contributed by atoms with van der Waals surface area (Å²) in [5.41, 5.74) is -0.0837. The summed E-state index contributed by atoms with van der Waals surface area (Å²) < 4.78 is 33.0. The molecule has 0 aliphatic rings. The molecule has 6 heteroatoms. The molecule has 82 valence electrons. The first-order valence-corrected chi connectivity index (χ1v) is 4.23. The van der Waals surface area contributed by atoms with E-state index in [0.717, 1.165) is 0 Å². The van der Waals surface area contributed by atoms with E-state index in [9.17, 15) is 13.6 Å². The van der Waals surface area contributed by atoms with Crippen LogP contribution in [0.25, 0.3) is 0 Å². The molecule has 1 rings (SSSR count). The number of carbonyl (C=O) groups is 1. The number of methoxy groups -OCH3 is 1. The van der Waals surface area contributed by atoms with Gasteiger partial charge < -0.3 is 9.47 Å². The van der Waals surface area contributed by atoms with Crippen LogP contribution in [-0.2, 0) is 0 Å². The summed E-state index contributed by atoms with van der Waals surface area (Å²) in [5.74, 6) is -0.322. The van der Waals surface area contributed by atoms with Crippen molar-refractivity contribution in [1.82, 2.24) is 0 Å². The van der Waals surface area contributed by atoms with Crippen LogP contribution in [0.3, 0.4) is 0 Å². The molecule has 1 aromatic carbocycles. The third-order valence-corrected chi connectivity index (χ3v) is 1.82. The molecule has 0 bridgehead atoms. The average Bonchev–Trinajstić information content (AvgIpc) is 2.19. The molecule has 15 heavy (non-hydrogen) atoms. The SMILES string of the molecule is COc1cc(Cl)cc(C=O)c1OC(F)F. The first kappa shape index (κ1) is 11.7. The minimum absolute atomic E-state index is 0.00935. The van der Waals surface area contributed by atoms with Gasteiger partial charge in [0.25, 0.3) is 0 Å². The Labute approximate surface area is 89.5 Å². The summed E-state index contributed by atoms with van der Waals surface area (Å²) in [4.78, 5) is 10.6. The number of halogens is 3. The summed E-state index contributed by atoms with van der Waals surface area (Å²) >= 11 is 5.63. The van der Waals surface area contributed by atoms with Gasteiger partial charge in [-0.2, -0.15) is 8.78 Å². The van der Waals surface area contributed by atoms with E-state index in [1.807, 2.05) is 0 Å². The maximum atomic E-state index is 12.0. The van der Waals surface area contributed by atoms with Crippen LogP contribution in [0.4, 0.5) is 8.78 Å². The van der Waals surface area contributed by atoms with Crippen molar-refractivity contribution >= 4 is 17.9 Å². The highest BCUT2D eigenvalue weighted by Crippen LogP contribution is 2.34. The van der Waals surface area contributed by atoms with Crippen LogP contribution < -0.4 is 9.47 Å². The van der Waals surface area contributed by atoms with Crippen molar-refractivity contribution in [3.8, 4) is 11.5 Å². The second-order valence-corrected chi connectivity index (χ2v) is 2.96. The van der Waals surface area contributed by atoms with Gasteiger partial charge in [0, 0.05) is 11.1 Å². The van der Waals surface area contributed by atoms with Crippen molar-refractivity contribution < 1.29 is 23.0 Å². The molecule has 0 spiro atoms. The van der Waals surface area contributed by atoms with Crippen molar-refractivity contribution in [3.63, 3.8) is 0 Å². The van der Waals surface area contributed by atoms with E-state index in [-0.39, 0.29) is 22.1 Å². The third-order valence-electron chi connectivity index (χ3n) is 1.60. The number of rotatable bonds is 4. The second-order valence-electron chi connectivity index (χ2n) is 2.52. The number of aldehydes is 1. The Bertz CT molecular complexity index is 369. The van der Waals surface area contributed by atoms with Crippen LogP contribution in [-0.4, -0.2) is 20.0 Å². The van der Waals surface area contributed by atoms with E-state index < -0.39 is 6.61 Å². The summed E-state index contributed by atoms with van der Waals surface area (Å²) in [5, 5.41) is 0.204. The van der Waals surface area contributed by atoms with E-state index in [4.69, 9.17) is 16.3 Å². The minimum Gasteiger partial charge on any atom is -0.493 e. The average molecular weight is 237 g/mol. The van der Waals surface area contributed by atoms with E-state index in [1.165, 1.54) is 19.2 Å². The predicted octanol–water partition coefficient (Wildman–Crippen LogP) is 2.76. The van der Waals surface area contributed by atoms with Crippen molar-refractivity contribution in [2.45, 2.75) is 6.61 Å². The Morgan fingerprint density at radius 1 is 1.47 bits per heavy atom. The summed E-state index contributed by atoms with van der Waals surface area (Å²) in [6, 6.07) is 2.50. The lowest BCUT2D eigenvalue weighted by molar-refractivity contribution is -0.0514. The molecule has 0 atom stereocenters. The van der Waals surface area contributed by atoms with Gasteiger partial charge in [-0.1, -0.05) is 11.6 Å². The second kappa shape index (κ2) is 4.93. The molecule has 0 radical (unpaired) electrons. The van der Waals surface area contributed by atoms with E-state index in [2.05, 4.69) is 4.74 Å². The number of hydrogen-bond acceptors (Lipinski definition) is 3. The maximum Gasteiger partial charge on any atom is 0.387 e. The molecule has 0 unspecified atom stereocenters. The molecule has 3 nitrogen and oxygen atoms in total. The Kier molecular flexibility index (Phi) is 3.85. The highest BCUT2D eigenvalue weighted by atomic mass is 35.5. The van der Waals surface area contributed by atoms with Crippen molar-refractivity contribution in [2.24, 2.45) is 0 Å². The Balaban J connectivity index is 3.23. The molecule has 0 saturated heterocycles. The zero-order chi connectivity index (χ0) is 11.4. The number of benzene rings is 1. The van der Waals surface area contributed by atoms with Crippen molar-refractivity contribution in [3.05, 3.63) is 22.7 Å². The molecular formula is C9H7ClF2O3. The van der Waals surface area contributed by atoms with Gasteiger partial charge in [0.15, 0.2) is 17.8 Å². The zero-order valence-corrected chi connectivity index (χ0v) is 8.42. The number of hydrogen-bond donors (Lipinski definition) is 0. The highest BCUT2D eigenvalue weighted by Gasteiger charge is 2.16. The fraction of sp³-hybridized carbons (Fsp3) is 0.222. The largest absolute Gasteiger partial charge is 0.493 e. The van der Waals surface area contributed by atoms with Crippen LogP contribution in [0.1, 0.15) is 10.4 Å². The van der Waals surface area contributed by atoms with Gasteiger partial charge in [-0.3, -0.25) is 4.79 Å². The number of alkyl halides is 2. The molecule has 0 fully saturated rings. The Morgan fingerprint density at radius 2 is 2.13 bits per heavy atom. The van der Waals surface area contributed by atoms with Crippen molar-refractivity contribution in [2.75, 3.05) is 7.11 Å². The first-order chi connectivity index (χ1) is 7.08. The molecule has 0 aliphatic heterocycles. The topological polar surface area (TPSA) is 35.5 Å². The lowest BCUT2D eigenvalue weighted by Gasteiger charge is -2.11. The molecule has 0 N–H and O–H groups in total. The van der Waals surface area contributed by atoms with Crippen LogP contribution in [0, 0.1) is 0 Å². The van der Waals surface area contributed by atoms with Gasteiger partial charge in [0.1, 0.15) is 0 Å². The fourth-order valence-corrected chi connectivity index (χ4v) is 1.26. The predicted molar refractivity (Wildman–Crippen MR) is 50.0 cm³/mol. The standard InChI is InChI=1S/C9H7ClF2O3/c1-14-7-3-6(10)2-5(4-13)8(7)15-9(11)12/h2-4,9H,1H3. The molecule has 1 aromatic rings. The van der Waals surface area contributed by atoms with Crippen LogP contribution >= 0.6 is 11.6 Å². The third kappa shape index (κ3) is 2.79. The zero-order valence-electron chi connectivity index (χ0n) is 7.67. The van der Waals surface area contributed by atoms with E-state index in [0.29, 0.717) is 6.29 Å². The smallest absolute Gasteiger partial charge is 0.387 e. The van der Waals surface area contributed by atoms with Gasteiger partial charge in [-0.25, -0.2) is 0 Å². The van der Waals surface area contributed by atoms with E-state index in [1.54, 1.807) is 0 Å². The first-order valence-electron chi connectivity index (χ1n) is 3.86. The lowest BCUT2D eigenvalue weighted by atomic mass is 10.2. The van der Waals surface area contributed by atoms with Crippen LogP contribution in [0.15, 0.2) is 12.1 Å². The summed E-state index contributed by atoms with van der Waals surface area (Å²) in [6.45, 7) is -3.03.